The summed E-state index contributed by atoms with van der Waals surface area (Å²) in [5.41, 5.74) is 2.00. The van der Waals surface area contributed by atoms with E-state index in [0.717, 1.165) is 11.1 Å². The van der Waals surface area contributed by atoms with Gasteiger partial charge in [-0.15, -0.1) is 0 Å². The highest BCUT2D eigenvalue weighted by molar-refractivity contribution is 5.94. The van der Waals surface area contributed by atoms with Gasteiger partial charge in [-0.05, 0) is 18.6 Å². The Bertz CT molecular complexity index is 535. The van der Waals surface area contributed by atoms with Crippen LogP contribution in [0.4, 0.5) is 0 Å². The van der Waals surface area contributed by atoms with E-state index in [4.69, 9.17) is 5.11 Å². The van der Waals surface area contributed by atoms with E-state index in [9.17, 15) is 14.7 Å². The Kier molecular flexibility index (Phi) is 4.20. The number of β-amino-alcohol motifs (C(OH)–C–C–N with tert-alkyl or cyclic N) is 1. The van der Waals surface area contributed by atoms with Crippen LogP contribution >= 0.6 is 0 Å². The van der Waals surface area contributed by atoms with Crippen LogP contribution in [0.3, 0.4) is 0 Å². The first-order chi connectivity index (χ1) is 9.47. The van der Waals surface area contributed by atoms with Crippen molar-refractivity contribution in [3.63, 3.8) is 0 Å². The smallest absolute Gasteiger partial charge is 0.326 e. The fourth-order valence-corrected chi connectivity index (χ4v) is 2.23. The van der Waals surface area contributed by atoms with Crippen molar-refractivity contribution in [3.8, 4) is 0 Å². The number of carboxylic acids is 1. The van der Waals surface area contributed by atoms with E-state index in [-0.39, 0.29) is 13.0 Å². The summed E-state index contributed by atoms with van der Waals surface area (Å²) in [4.78, 5) is 24.2. The van der Waals surface area contributed by atoms with Gasteiger partial charge in [-0.1, -0.05) is 29.8 Å². The minimum Gasteiger partial charge on any atom is -0.480 e. The third kappa shape index (κ3) is 3.24. The molecule has 20 heavy (non-hydrogen) atoms. The summed E-state index contributed by atoms with van der Waals surface area (Å²) in [5, 5.41) is 18.5. The molecular formula is C15H17NO4. The summed E-state index contributed by atoms with van der Waals surface area (Å²) in [5.74, 6) is -1.48. The van der Waals surface area contributed by atoms with Crippen LogP contribution in [0.5, 0.6) is 0 Å². The predicted octanol–water partition coefficient (Wildman–Crippen LogP) is 1.05. The van der Waals surface area contributed by atoms with Gasteiger partial charge in [0.05, 0.1) is 6.10 Å². The third-order valence-electron chi connectivity index (χ3n) is 3.34. The van der Waals surface area contributed by atoms with Crippen LogP contribution in [0.15, 0.2) is 30.3 Å². The number of nitrogens with zero attached hydrogens (tertiary/aromatic N) is 1. The Labute approximate surface area is 117 Å². The van der Waals surface area contributed by atoms with Gasteiger partial charge in [0.15, 0.2) is 0 Å². The molecule has 2 N–H and O–H groups in total. The van der Waals surface area contributed by atoms with Crippen molar-refractivity contribution in [2.24, 2.45) is 0 Å². The van der Waals surface area contributed by atoms with E-state index in [1.54, 1.807) is 6.08 Å². The predicted molar refractivity (Wildman–Crippen MR) is 74.0 cm³/mol. The number of hydrogen-bond acceptors (Lipinski definition) is 3. The number of rotatable bonds is 3. The molecule has 0 spiro atoms. The highest BCUT2D eigenvalue weighted by atomic mass is 16.4. The van der Waals surface area contributed by atoms with Crippen LogP contribution < -0.4 is 0 Å². The standard InChI is InChI=1S/C15H17NO4/c1-10-2-4-11(5-3-10)6-7-14(18)16-9-12(17)8-13(16)15(19)20/h2-7,12-13,17H,8-9H2,1H3,(H,19,20)/t12-,13-/m1/s1. The van der Waals surface area contributed by atoms with E-state index in [2.05, 4.69) is 0 Å². The molecule has 1 aliphatic heterocycles. The maximum atomic E-state index is 12.0. The molecule has 1 fully saturated rings. The number of aliphatic hydroxyl groups excluding tert-OH is 1. The highest BCUT2D eigenvalue weighted by Crippen LogP contribution is 2.19. The highest BCUT2D eigenvalue weighted by Gasteiger charge is 2.37. The van der Waals surface area contributed by atoms with Gasteiger partial charge in [0.1, 0.15) is 6.04 Å². The van der Waals surface area contributed by atoms with E-state index >= 15 is 0 Å². The average molecular weight is 275 g/mol. The molecule has 1 aliphatic rings. The second kappa shape index (κ2) is 5.88. The molecule has 0 saturated carbocycles. The van der Waals surface area contributed by atoms with Gasteiger partial charge in [0.2, 0.25) is 5.91 Å². The quantitative estimate of drug-likeness (QED) is 0.808. The Hall–Kier alpha value is -2.14. The number of benzene rings is 1. The monoisotopic (exact) mass is 275 g/mol. The zero-order chi connectivity index (χ0) is 14.7. The summed E-state index contributed by atoms with van der Waals surface area (Å²) < 4.78 is 0. The first-order valence-electron chi connectivity index (χ1n) is 6.43. The molecule has 1 saturated heterocycles. The molecule has 0 aromatic heterocycles. The second-order valence-electron chi connectivity index (χ2n) is 4.98. The van der Waals surface area contributed by atoms with Crippen LogP contribution in [0, 0.1) is 6.92 Å². The number of aryl methyl sites for hydroxylation is 1. The van der Waals surface area contributed by atoms with Crippen molar-refractivity contribution in [2.75, 3.05) is 6.54 Å². The van der Waals surface area contributed by atoms with Crippen molar-refractivity contribution in [1.29, 1.82) is 0 Å². The molecule has 0 radical (unpaired) electrons. The fourth-order valence-electron chi connectivity index (χ4n) is 2.23. The molecule has 5 heteroatoms. The topological polar surface area (TPSA) is 77.8 Å². The van der Waals surface area contributed by atoms with E-state index in [0.29, 0.717) is 0 Å². The summed E-state index contributed by atoms with van der Waals surface area (Å²) >= 11 is 0. The van der Waals surface area contributed by atoms with Crippen LogP contribution in [0.25, 0.3) is 6.08 Å². The summed E-state index contributed by atoms with van der Waals surface area (Å²) in [6, 6.07) is 6.69. The molecule has 106 valence electrons. The molecular weight excluding hydrogens is 258 g/mol. The van der Waals surface area contributed by atoms with Gasteiger partial charge in [0.25, 0.3) is 0 Å². The number of hydrogen-bond donors (Lipinski definition) is 2. The molecule has 2 atom stereocenters. The number of carbonyl (C=O) groups excluding carboxylic acids is 1. The van der Waals surface area contributed by atoms with Gasteiger partial charge in [-0.2, -0.15) is 0 Å². The lowest BCUT2D eigenvalue weighted by Gasteiger charge is -2.19. The first kappa shape index (κ1) is 14.3. The fraction of sp³-hybridized carbons (Fsp3) is 0.333. The van der Waals surface area contributed by atoms with Crippen molar-refractivity contribution in [1.82, 2.24) is 4.90 Å². The zero-order valence-corrected chi connectivity index (χ0v) is 11.2. The Morgan fingerprint density at radius 2 is 1.95 bits per heavy atom. The van der Waals surface area contributed by atoms with Crippen molar-refractivity contribution in [2.45, 2.75) is 25.5 Å². The van der Waals surface area contributed by atoms with E-state index < -0.39 is 24.0 Å². The molecule has 1 aromatic carbocycles. The molecule has 0 unspecified atom stereocenters. The molecule has 5 nitrogen and oxygen atoms in total. The summed E-state index contributed by atoms with van der Waals surface area (Å²) in [6.45, 7) is 2.04. The number of likely N-dealkylation sites (tertiary alicyclic amines) is 1. The molecule has 0 bridgehead atoms. The zero-order valence-electron chi connectivity index (χ0n) is 11.2. The van der Waals surface area contributed by atoms with Gasteiger partial charge >= 0.3 is 5.97 Å². The van der Waals surface area contributed by atoms with E-state index in [1.165, 1.54) is 11.0 Å². The Balaban J connectivity index is 2.07. The minimum absolute atomic E-state index is 0.0635. The van der Waals surface area contributed by atoms with Crippen molar-refractivity contribution >= 4 is 18.0 Å². The number of carbonyl (C=O) groups is 2. The van der Waals surface area contributed by atoms with Crippen LogP contribution in [0.1, 0.15) is 17.5 Å². The molecule has 1 heterocycles. The summed E-state index contributed by atoms with van der Waals surface area (Å²) in [7, 11) is 0. The lowest BCUT2D eigenvalue weighted by molar-refractivity contribution is -0.146. The Morgan fingerprint density at radius 1 is 1.30 bits per heavy atom. The normalized spacial score (nSPS) is 22.4. The van der Waals surface area contributed by atoms with Crippen molar-refractivity contribution < 1.29 is 19.8 Å². The molecule has 1 aromatic rings. The third-order valence-corrected chi connectivity index (χ3v) is 3.34. The van der Waals surface area contributed by atoms with Gasteiger partial charge < -0.3 is 15.1 Å². The number of amides is 1. The number of aliphatic hydroxyl groups is 1. The summed E-state index contributed by atoms with van der Waals surface area (Å²) in [6.07, 6.45) is 2.30. The van der Waals surface area contributed by atoms with Crippen LogP contribution in [-0.4, -0.2) is 45.7 Å². The van der Waals surface area contributed by atoms with Crippen LogP contribution in [0.2, 0.25) is 0 Å². The molecule has 1 amide bonds. The molecule has 0 aliphatic carbocycles. The lowest BCUT2D eigenvalue weighted by Crippen LogP contribution is -2.39. The van der Waals surface area contributed by atoms with E-state index in [1.807, 2.05) is 31.2 Å². The Morgan fingerprint density at radius 3 is 2.55 bits per heavy atom. The first-order valence-corrected chi connectivity index (χ1v) is 6.43. The maximum Gasteiger partial charge on any atom is 0.326 e. The van der Waals surface area contributed by atoms with Gasteiger partial charge in [-0.25, -0.2) is 4.79 Å². The maximum absolute atomic E-state index is 12.0. The van der Waals surface area contributed by atoms with Crippen molar-refractivity contribution in [3.05, 3.63) is 41.5 Å². The lowest BCUT2D eigenvalue weighted by atomic mass is 10.1. The van der Waals surface area contributed by atoms with Gasteiger partial charge in [0, 0.05) is 19.0 Å². The number of aliphatic carboxylic acids is 1. The average Bonchev–Trinajstić information content (AvgIpc) is 2.80. The second-order valence-corrected chi connectivity index (χ2v) is 4.98. The minimum atomic E-state index is -1.08. The molecule has 2 rings (SSSR count). The van der Waals surface area contributed by atoms with Crippen LogP contribution in [-0.2, 0) is 9.59 Å². The largest absolute Gasteiger partial charge is 0.480 e. The SMILES string of the molecule is Cc1ccc(C=CC(=O)N2C[C@H](O)C[C@@H]2C(=O)O)cc1. The van der Waals surface area contributed by atoms with Gasteiger partial charge in [-0.3, -0.25) is 4.79 Å². The number of carboxylic acid groups (broad SMARTS) is 1.